The summed E-state index contributed by atoms with van der Waals surface area (Å²) in [6.45, 7) is 0. The van der Waals surface area contributed by atoms with Gasteiger partial charge in [0.15, 0.2) is 17.0 Å². The van der Waals surface area contributed by atoms with Gasteiger partial charge in [0.1, 0.15) is 0 Å². The Balaban J connectivity index is 2.86. The van der Waals surface area contributed by atoms with E-state index < -0.39 is 5.97 Å². The third-order valence-electron chi connectivity index (χ3n) is 1.14. The monoisotopic (exact) mass is 195 g/mol. The normalized spacial score (nSPS) is 8.38. The summed E-state index contributed by atoms with van der Waals surface area (Å²) in [5, 5.41) is 1.95. The number of carbonyl (C=O) groups excluding carboxylic acids is 2. The lowest BCUT2D eigenvalue weighted by Gasteiger charge is -1.89. The molecule has 0 aromatic carbocycles. The van der Waals surface area contributed by atoms with Gasteiger partial charge in [0.25, 0.3) is 0 Å². The molecule has 1 heterocycles. The summed E-state index contributed by atoms with van der Waals surface area (Å²) < 4.78 is 4.44. The van der Waals surface area contributed by atoms with Crippen LogP contribution >= 0.6 is 11.3 Å². The molecular weight excluding hydrogens is 190 g/mol. The van der Waals surface area contributed by atoms with Crippen LogP contribution in [0.3, 0.4) is 0 Å². The molecule has 0 bridgehead atoms. The highest BCUT2D eigenvalue weighted by atomic mass is 32.1. The van der Waals surface area contributed by atoms with Gasteiger partial charge in [-0.15, -0.1) is 11.3 Å². The molecule has 0 unspecified atom stereocenters. The van der Waals surface area contributed by atoms with E-state index in [0.29, 0.717) is 11.3 Å². The minimum Gasteiger partial charge on any atom is -0.464 e. The van der Waals surface area contributed by atoms with Crippen molar-refractivity contribution < 1.29 is 14.3 Å². The van der Waals surface area contributed by atoms with Crippen LogP contribution in [0.1, 0.15) is 15.5 Å². The molecule has 0 aliphatic heterocycles. The number of methoxy groups -OCH3 is 1. The number of ether oxygens (including phenoxy) is 1. The Bertz CT molecular complexity index is 386. The quantitative estimate of drug-likeness (QED) is 0.371. The predicted molar refractivity (Wildman–Crippen MR) is 46.4 cm³/mol. The van der Waals surface area contributed by atoms with Crippen molar-refractivity contribution in [1.29, 1.82) is 0 Å². The highest BCUT2D eigenvalue weighted by Crippen LogP contribution is 2.08. The molecule has 1 aromatic rings. The Labute approximate surface area is 78.6 Å². The van der Waals surface area contributed by atoms with Gasteiger partial charge in [-0.05, 0) is 11.8 Å². The van der Waals surface area contributed by atoms with Gasteiger partial charge in [-0.2, -0.15) is 0 Å². The van der Waals surface area contributed by atoms with Crippen molar-refractivity contribution in [2.45, 2.75) is 0 Å². The van der Waals surface area contributed by atoms with Crippen molar-refractivity contribution in [1.82, 2.24) is 4.98 Å². The van der Waals surface area contributed by atoms with Crippen LogP contribution in [0.2, 0.25) is 0 Å². The van der Waals surface area contributed by atoms with E-state index in [1.165, 1.54) is 23.8 Å². The highest BCUT2D eigenvalue weighted by molar-refractivity contribution is 7.10. The van der Waals surface area contributed by atoms with Crippen LogP contribution in [-0.2, 0) is 9.53 Å². The van der Waals surface area contributed by atoms with Gasteiger partial charge in [0.05, 0.1) is 7.11 Å². The fraction of sp³-hybridized carbons (Fsp3) is 0.125. The van der Waals surface area contributed by atoms with E-state index in [9.17, 15) is 9.59 Å². The topological polar surface area (TPSA) is 56.3 Å². The Morgan fingerprint density at radius 3 is 3.15 bits per heavy atom. The molecular formula is C8H5NO3S. The fourth-order valence-corrected chi connectivity index (χ4v) is 1.26. The van der Waals surface area contributed by atoms with E-state index in [1.807, 2.05) is 0 Å². The molecule has 1 aromatic heterocycles. The smallest absolute Gasteiger partial charge is 0.357 e. The van der Waals surface area contributed by atoms with E-state index in [-0.39, 0.29) is 5.69 Å². The molecule has 0 aliphatic rings. The largest absolute Gasteiger partial charge is 0.464 e. The number of hydrogen-bond donors (Lipinski definition) is 0. The first-order chi connectivity index (χ1) is 6.27. The Kier molecular flexibility index (Phi) is 3.17. The number of rotatable bonds is 1. The molecule has 0 atom stereocenters. The second kappa shape index (κ2) is 4.38. The summed E-state index contributed by atoms with van der Waals surface area (Å²) in [6, 6.07) is 0. The van der Waals surface area contributed by atoms with Crippen LogP contribution in [0.5, 0.6) is 0 Å². The zero-order chi connectivity index (χ0) is 9.68. The zero-order valence-corrected chi connectivity index (χ0v) is 7.55. The van der Waals surface area contributed by atoms with Gasteiger partial charge in [-0.25, -0.2) is 9.78 Å². The molecule has 13 heavy (non-hydrogen) atoms. The average Bonchev–Trinajstić information content (AvgIpc) is 2.62. The van der Waals surface area contributed by atoms with E-state index in [2.05, 4.69) is 21.6 Å². The molecule has 0 amide bonds. The van der Waals surface area contributed by atoms with Crippen LogP contribution < -0.4 is 0 Å². The van der Waals surface area contributed by atoms with Crippen molar-refractivity contribution in [3.8, 4) is 11.8 Å². The maximum atomic E-state index is 10.9. The standard InChI is InChI=1S/C8H5NO3S/c1-12-8(11)6-5-13-7(9-6)3-2-4-10/h4-5H,1H3. The first-order valence-electron chi connectivity index (χ1n) is 3.27. The maximum absolute atomic E-state index is 10.9. The van der Waals surface area contributed by atoms with Gasteiger partial charge in [0, 0.05) is 5.38 Å². The minimum atomic E-state index is -0.504. The van der Waals surface area contributed by atoms with Crippen LogP contribution in [0.4, 0.5) is 0 Å². The van der Waals surface area contributed by atoms with E-state index >= 15 is 0 Å². The first-order valence-corrected chi connectivity index (χ1v) is 4.15. The number of aromatic nitrogens is 1. The van der Waals surface area contributed by atoms with Crippen LogP contribution in [0.25, 0.3) is 0 Å². The molecule has 0 spiro atoms. The van der Waals surface area contributed by atoms with E-state index in [0.717, 1.165) is 0 Å². The van der Waals surface area contributed by atoms with Crippen molar-refractivity contribution in [3.63, 3.8) is 0 Å². The summed E-state index contributed by atoms with van der Waals surface area (Å²) in [7, 11) is 1.28. The molecule has 0 fully saturated rings. The third-order valence-corrected chi connectivity index (χ3v) is 1.89. The summed E-state index contributed by atoms with van der Waals surface area (Å²) in [6.07, 6.45) is 0.471. The third kappa shape index (κ3) is 2.39. The molecule has 0 saturated heterocycles. The van der Waals surface area contributed by atoms with Gasteiger partial charge < -0.3 is 4.74 Å². The number of nitrogens with zero attached hydrogens (tertiary/aromatic N) is 1. The number of thiazole rings is 1. The lowest BCUT2D eigenvalue weighted by atomic mass is 10.5. The molecule has 5 heteroatoms. The minimum absolute atomic E-state index is 0.211. The number of esters is 1. The predicted octanol–water partition coefficient (Wildman–Crippen LogP) is 0.480. The Hall–Kier alpha value is -1.67. The lowest BCUT2D eigenvalue weighted by Crippen LogP contribution is -2.00. The Morgan fingerprint density at radius 2 is 2.54 bits per heavy atom. The van der Waals surface area contributed by atoms with Gasteiger partial charge in [-0.1, -0.05) is 0 Å². The first kappa shape index (κ1) is 9.42. The maximum Gasteiger partial charge on any atom is 0.357 e. The molecule has 1 rings (SSSR count). The number of aldehydes is 1. The summed E-state index contributed by atoms with van der Waals surface area (Å²) >= 11 is 1.19. The van der Waals surface area contributed by atoms with Crippen LogP contribution in [0.15, 0.2) is 5.38 Å². The molecule has 0 N–H and O–H groups in total. The molecule has 4 nitrogen and oxygen atoms in total. The average molecular weight is 195 g/mol. The van der Waals surface area contributed by atoms with E-state index in [4.69, 9.17) is 0 Å². The molecule has 66 valence electrons. The van der Waals surface area contributed by atoms with E-state index in [1.54, 1.807) is 0 Å². The summed E-state index contributed by atoms with van der Waals surface area (Å²) in [5.74, 6) is 4.17. The van der Waals surface area contributed by atoms with Crippen molar-refractivity contribution in [2.75, 3.05) is 7.11 Å². The Morgan fingerprint density at radius 1 is 1.77 bits per heavy atom. The van der Waals surface area contributed by atoms with Crippen molar-refractivity contribution in [3.05, 3.63) is 16.1 Å². The SMILES string of the molecule is COC(=O)c1csc(C#CC=O)n1. The van der Waals surface area contributed by atoms with Gasteiger partial charge in [0.2, 0.25) is 0 Å². The van der Waals surface area contributed by atoms with Gasteiger partial charge in [-0.3, -0.25) is 4.79 Å². The fourth-order valence-electron chi connectivity index (χ4n) is 0.621. The summed E-state index contributed by atoms with van der Waals surface area (Å²) in [4.78, 5) is 24.6. The van der Waals surface area contributed by atoms with Crippen molar-refractivity contribution >= 4 is 23.6 Å². The number of hydrogen-bond acceptors (Lipinski definition) is 5. The van der Waals surface area contributed by atoms with Gasteiger partial charge >= 0.3 is 5.97 Å². The highest BCUT2D eigenvalue weighted by Gasteiger charge is 2.08. The zero-order valence-electron chi connectivity index (χ0n) is 6.73. The molecule has 0 aliphatic carbocycles. The second-order valence-corrected chi connectivity index (χ2v) is 2.77. The number of carbonyl (C=O) groups is 2. The molecule has 0 radical (unpaired) electrons. The molecule has 0 saturated carbocycles. The second-order valence-electron chi connectivity index (χ2n) is 1.92. The summed E-state index contributed by atoms with van der Waals surface area (Å²) in [5.41, 5.74) is 0.211. The lowest BCUT2D eigenvalue weighted by molar-refractivity contribution is -0.103. The van der Waals surface area contributed by atoms with Crippen LogP contribution in [0, 0.1) is 11.8 Å². The van der Waals surface area contributed by atoms with Crippen molar-refractivity contribution in [2.24, 2.45) is 0 Å². The van der Waals surface area contributed by atoms with Crippen LogP contribution in [-0.4, -0.2) is 24.3 Å².